The molecule has 60 heavy (non-hydrogen) atoms. The third-order valence-corrected chi connectivity index (χ3v) is 16.7. The van der Waals surface area contributed by atoms with Gasteiger partial charge < -0.3 is 28.8 Å². The first-order valence-corrected chi connectivity index (χ1v) is 24.0. The molecule has 0 bridgehead atoms. The van der Waals surface area contributed by atoms with Gasteiger partial charge in [-0.3, -0.25) is 0 Å². The zero-order valence-electron chi connectivity index (χ0n) is 37.5. The fraction of sp³-hybridized carbons (Fsp3) is 0.667. The third-order valence-electron chi connectivity index (χ3n) is 16.7. The first-order chi connectivity index (χ1) is 29.1. The van der Waals surface area contributed by atoms with Crippen molar-refractivity contribution in [3.63, 3.8) is 0 Å². The van der Waals surface area contributed by atoms with E-state index in [0.717, 1.165) is 65.0 Å². The Balaban J connectivity index is 0.950. The van der Waals surface area contributed by atoms with Crippen LogP contribution in [-0.2, 0) is 43.5 Å². The average Bonchev–Trinajstić information content (AvgIpc) is 3.62. The molecule has 1 N–H and O–H groups in total. The smallest absolute Gasteiger partial charge is 0.186 e. The molecule has 4 aliphatic carbocycles. The molecule has 0 spiro atoms. The molecule has 14 atom stereocenters. The van der Waals surface area contributed by atoms with Gasteiger partial charge in [-0.1, -0.05) is 145 Å². The fourth-order valence-electron chi connectivity index (χ4n) is 13.5. The van der Waals surface area contributed by atoms with E-state index in [9.17, 15) is 5.11 Å². The van der Waals surface area contributed by atoms with E-state index >= 15 is 0 Å². The van der Waals surface area contributed by atoms with Crippen molar-refractivity contribution < 1.29 is 28.8 Å². The first kappa shape index (κ1) is 44.0. The van der Waals surface area contributed by atoms with Crippen LogP contribution in [-0.4, -0.2) is 48.5 Å². The van der Waals surface area contributed by atoms with Crippen molar-refractivity contribution in [1.29, 1.82) is 0 Å². The normalized spacial score (nSPS) is 37.0. The van der Waals surface area contributed by atoms with Crippen molar-refractivity contribution in [3.05, 3.63) is 108 Å². The molecule has 5 aliphatic rings. The minimum atomic E-state index is -1.02. The number of aliphatic hydroxyl groups is 1. The maximum absolute atomic E-state index is 12.2. The lowest BCUT2D eigenvalue weighted by molar-refractivity contribution is -0.331. The summed E-state index contributed by atoms with van der Waals surface area (Å²) in [4.78, 5) is 0. The molecule has 3 aromatic rings. The number of hydrogen-bond acceptors (Lipinski definition) is 6. The van der Waals surface area contributed by atoms with Gasteiger partial charge in [0.25, 0.3) is 0 Å². The number of rotatable bonds is 17. The zero-order valence-corrected chi connectivity index (χ0v) is 37.5. The number of benzene rings is 3. The largest absolute Gasteiger partial charge is 0.385 e. The van der Waals surface area contributed by atoms with E-state index in [4.69, 9.17) is 23.7 Å². The molecule has 5 fully saturated rings. The predicted molar refractivity (Wildman–Crippen MR) is 239 cm³/mol. The van der Waals surface area contributed by atoms with E-state index < -0.39 is 30.7 Å². The number of aliphatic hydroxyl groups excluding tert-OH is 1. The lowest BCUT2D eigenvalue weighted by atomic mass is 9.44. The van der Waals surface area contributed by atoms with Crippen LogP contribution in [0.15, 0.2) is 91.0 Å². The molecule has 1 saturated heterocycles. The molecule has 3 aromatic carbocycles. The van der Waals surface area contributed by atoms with Crippen molar-refractivity contribution >= 4 is 0 Å². The van der Waals surface area contributed by atoms with Crippen molar-refractivity contribution in [2.24, 2.45) is 52.3 Å². The van der Waals surface area contributed by atoms with Crippen LogP contribution < -0.4 is 0 Å². The number of ether oxygens (including phenoxy) is 5. The van der Waals surface area contributed by atoms with E-state index in [2.05, 4.69) is 71.0 Å². The van der Waals surface area contributed by atoms with E-state index in [1.165, 1.54) is 64.2 Å². The van der Waals surface area contributed by atoms with Gasteiger partial charge in [-0.25, -0.2) is 0 Å². The highest BCUT2D eigenvalue weighted by molar-refractivity contribution is 5.16. The van der Waals surface area contributed by atoms with Gasteiger partial charge in [0.1, 0.15) is 24.4 Å². The SMILES string of the molecule is CC(C)CCC[C@@H](C)[C@H]1CC[C@H]2[C@@H]3CC[C@H]4C[C@@H](O[C@H]5O[C@H](COCc6ccccc6)[C@@H](OCc6ccccc6)[C@H](OCc6ccccc6)[C@@H]5O)CC[C@]4(C)[C@H]3CC[C@]12C. The van der Waals surface area contributed by atoms with Crippen LogP contribution >= 0.6 is 0 Å². The Kier molecular flexibility index (Phi) is 14.6. The first-order valence-electron chi connectivity index (χ1n) is 24.0. The zero-order chi connectivity index (χ0) is 41.7. The van der Waals surface area contributed by atoms with Gasteiger partial charge in [-0.15, -0.1) is 0 Å². The van der Waals surface area contributed by atoms with Crippen LogP contribution in [0.25, 0.3) is 0 Å². The van der Waals surface area contributed by atoms with Crippen molar-refractivity contribution in [1.82, 2.24) is 0 Å². The molecule has 6 nitrogen and oxygen atoms in total. The molecule has 328 valence electrons. The predicted octanol–water partition coefficient (Wildman–Crippen LogP) is 12.0. The fourth-order valence-corrected chi connectivity index (χ4v) is 13.5. The molecule has 6 heteroatoms. The lowest BCUT2D eigenvalue weighted by Crippen LogP contribution is -2.62. The van der Waals surface area contributed by atoms with Gasteiger partial charge in [-0.05, 0) is 127 Å². The highest BCUT2D eigenvalue weighted by Crippen LogP contribution is 2.68. The maximum Gasteiger partial charge on any atom is 0.186 e. The molecule has 0 radical (unpaired) electrons. The van der Waals surface area contributed by atoms with Gasteiger partial charge in [0.05, 0.1) is 32.5 Å². The van der Waals surface area contributed by atoms with Crippen LogP contribution in [0.4, 0.5) is 0 Å². The van der Waals surface area contributed by atoms with Crippen LogP contribution in [0.2, 0.25) is 0 Å². The summed E-state index contributed by atoms with van der Waals surface area (Å²) in [6.07, 6.45) is 12.1. The van der Waals surface area contributed by atoms with Crippen LogP contribution in [0, 0.1) is 52.3 Å². The third kappa shape index (κ3) is 9.80. The second-order valence-corrected chi connectivity index (χ2v) is 20.8. The van der Waals surface area contributed by atoms with E-state index in [0.29, 0.717) is 36.6 Å². The molecule has 8 rings (SSSR count). The Bertz CT molecular complexity index is 1740. The van der Waals surface area contributed by atoms with Crippen LogP contribution in [0.3, 0.4) is 0 Å². The Labute approximate surface area is 362 Å². The maximum atomic E-state index is 12.2. The Morgan fingerprint density at radius 2 is 1.27 bits per heavy atom. The Morgan fingerprint density at radius 3 is 1.92 bits per heavy atom. The molecule has 1 heterocycles. The molecule has 1 aliphatic heterocycles. The highest BCUT2D eigenvalue weighted by atomic mass is 16.7. The standard InChI is InChI=1S/C54H76O6/c1-37(2)16-15-17-38(3)45-26-27-46-44-25-24-42-32-43(28-30-53(42,4)47(44)29-31-54(45,46)5)59-52-49(55)51(58-35-41-22-13-8-14-23-41)50(57-34-40-20-11-7-12-21-40)48(60-52)36-56-33-39-18-9-6-10-19-39/h6-14,18-23,37-38,42-52,55H,15-17,24-36H2,1-5H3/t38-,42+,43+,44+,45-,46+,47+,48-,49+,50-,51-,52+,53+,54-/m1/s1. The summed E-state index contributed by atoms with van der Waals surface area (Å²) in [6, 6.07) is 30.6. The molecule has 0 amide bonds. The van der Waals surface area contributed by atoms with Crippen molar-refractivity contribution in [3.8, 4) is 0 Å². The van der Waals surface area contributed by atoms with Gasteiger partial charge in [0.2, 0.25) is 0 Å². The average molecular weight is 821 g/mol. The van der Waals surface area contributed by atoms with Gasteiger partial charge in [0, 0.05) is 0 Å². The van der Waals surface area contributed by atoms with E-state index in [1.807, 2.05) is 54.6 Å². The summed E-state index contributed by atoms with van der Waals surface area (Å²) in [5.41, 5.74) is 4.06. The summed E-state index contributed by atoms with van der Waals surface area (Å²) >= 11 is 0. The monoisotopic (exact) mass is 821 g/mol. The minimum absolute atomic E-state index is 0.0260. The topological polar surface area (TPSA) is 66.4 Å². The summed E-state index contributed by atoms with van der Waals surface area (Å²) in [5, 5.41) is 12.2. The number of hydrogen-bond donors (Lipinski definition) is 1. The summed E-state index contributed by atoms with van der Waals surface area (Å²) in [5.74, 6) is 5.74. The van der Waals surface area contributed by atoms with E-state index in [1.54, 1.807) is 0 Å². The second kappa shape index (κ2) is 19.9. The summed E-state index contributed by atoms with van der Waals surface area (Å²) in [6.45, 7) is 14.2. The molecular weight excluding hydrogens is 745 g/mol. The minimum Gasteiger partial charge on any atom is -0.385 e. The molecule has 4 saturated carbocycles. The molecule has 0 unspecified atom stereocenters. The second-order valence-electron chi connectivity index (χ2n) is 20.8. The quantitative estimate of drug-likeness (QED) is 0.137. The lowest BCUT2D eigenvalue weighted by Gasteiger charge is -2.61. The van der Waals surface area contributed by atoms with Gasteiger partial charge >= 0.3 is 0 Å². The van der Waals surface area contributed by atoms with Crippen LogP contribution in [0.5, 0.6) is 0 Å². The van der Waals surface area contributed by atoms with Gasteiger partial charge in [0.15, 0.2) is 6.29 Å². The van der Waals surface area contributed by atoms with Crippen molar-refractivity contribution in [2.45, 2.75) is 168 Å². The Morgan fingerprint density at radius 1 is 0.667 bits per heavy atom. The highest BCUT2D eigenvalue weighted by Gasteiger charge is 2.61. The van der Waals surface area contributed by atoms with E-state index in [-0.39, 0.29) is 12.7 Å². The summed E-state index contributed by atoms with van der Waals surface area (Å²) in [7, 11) is 0. The van der Waals surface area contributed by atoms with Crippen LogP contribution in [0.1, 0.15) is 128 Å². The molecule has 0 aromatic heterocycles. The molecular formula is C54H76O6. The summed E-state index contributed by atoms with van der Waals surface area (Å²) < 4.78 is 33.4. The van der Waals surface area contributed by atoms with Crippen molar-refractivity contribution in [2.75, 3.05) is 6.61 Å². The van der Waals surface area contributed by atoms with Gasteiger partial charge in [-0.2, -0.15) is 0 Å². The Hall–Kier alpha value is -2.58. The number of fused-ring (bicyclic) bond motifs is 5.